The summed E-state index contributed by atoms with van der Waals surface area (Å²) < 4.78 is 5.84. The van der Waals surface area contributed by atoms with Gasteiger partial charge in [-0.3, -0.25) is 9.88 Å². The van der Waals surface area contributed by atoms with Crippen LogP contribution in [-0.2, 0) is 6.54 Å². The van der Waals surface area contributed by atoms with Gasteiger partial charge in [0.15, 0.2) is 0 Å². The highest BCUT2D eigenvalue weighted by Gasteiger charge is 2.21. The van der Waals surface area contributed by atoms with E-state index in [0.29, 0.717) is 23.7 Å². The molecular formula is C19H22N2O3. The number of aromatic nitrogens is 1. The molecule has 24 heavy (non-hydrogen) atoms. The zero-order valence-electron chi connectivity index (χ0n) is 13.6. The van der Waals surface area contributed by atoms with Crippen molar-refractivity contribution in [1.82, 2.24) is 9.88 Å². The molecule has 0 atom stereocenters. The molecule has 1 saturated heterocycles. The van der Waals surface area contributed by atoms with Crippen molar-refractivity contribution in [3.8, 4) is 5.75 Å². The van der Waals surface area contributed by atoms with Crippen molar-refractivity contribution in [2.45, 2.75) is 19.4 Å². The molecule has 5 heteroatoms. The fraction of sp³-hybridized carbons (Fsp3) is 0.368. The van der Waals surface area contributed by atoms with Gasteiger partial charge in [0.05, 0.1) is 17.9 Å². The van der Waals surface area contributed by atoms with E-state index < -0.39 is 5.97 Å². The van der Waals surface area contributed by atoms with Crippen LogP contribution in [0.5, 0.6) is 5.75 Å². The standard InChI is InChI=1S/C19H22N2O3/c22-19(23)17-7-4-10-20-18(17)13-21-11-8-15(9-12-21)14-24-16-5-2-1-3-6-16/h1-7,10,15H,8-9,11-14H2,(H,22,23). The predicted molar refractivity (Wildman–Crippen MR) is 91.1 cm³/mol. The summed E-state index contributed by atoms with van der Waals surface area (Å²) in [6.07, 6.45) is 3.77. The van der Waals surface area contributed by atoms with Crippen molar-refractivity contribution in [3.05, 3.63) is 59.9 Å². The summed E-state index contributed by atoms with van der Waals surface area (Å²) in [6.45, 7) is 3.22. The van der Waals surface area contributed by atoms with E-state index in [-0.39, 0.29) is 0 Å². The van der Waals surface area contributed by atoms with Gasteiger partial charge in [-0.15, -0.1) is 0 Å². The molecule has 126 valence electrons. The van der Waals surface area contributed by atoms with E-state index in [4.69, 9.17) is 4.74 Å². The number of carboxylic acid groups (broad SMARTS) is 1. The van der Waals surface area contributed by atoms with Crippen molar-refractivity contribution < 1.29 is 14.6 Å². The summed E-state index contributed by atoms with van der Waals surface area (Å²) in [5, 5.41) is 9.24. The third-order valence-corrected chi connectivity index (χ3v) is 4.43. The van der Waals surface area contributed by atoms with Gasteiger partial charge in [0.2, 0.25) is 0 Å². The smallest absolute Gasteiger partial charge is 0.337 e. The lowest BCUT2D eigenvalue weighted by atomic mass is 9.97. The van der Waals surface area contributed by atoms with Crippen molar-refractivity contribution in [3.63, 3.8) is 0 Å². The minimum absolute atomic E-state index is 0.298. The second-order valence-corrected chi connectivity index (χ2v) is 6.15. The van der Waals surface area contributed by atoms with Gasteiger partial charge >= 0.3 is 5.97 Å². The van der Waals surface area contributed by atoms with Gasteiger partial charge in [-0.05, 0) is 56.1 Å². The molecule has 2 aromatic rings. The van der Waals surface area contributed by atoms with Crippen LogP contribution in [0.1, 0.15) is 28.9 Å². The lowest BCUT2D eigenvalue weighted by Gasteiger charge is -2.31. The van der Waals surface area contributed by atoms with Crippen LogP contribution in [0.2, 0.25) is 0 Å². The van der Waals surface area contributed by atoms with Crippen molar-refractivity contribution in [1.29, 1.82) is 0 Å². The number of nitrogens with zero attached hydrogens (tertiary/aromatic N) is 2. The Kier molecular flexibility index (Phi) is 5.43. The number of hydrogen-bond donors (Lipinski definition) is 1. The van der Waals surface area contributed by atoms with E-state index in [1.165, 1.54) is 0 Å². The third-order valence-electron chi connectivity index (χ3n) is 4.43. The molecule has 0 spiro atoms. The van der Waals surface area contributed by atoms with Gasteiger partial charge in [0.1, 0.15) is 5.75 Å². The van der Waals surface area contributed by atoms with Crippen LogP contribution in [0.25, 0.3) is 0 Å². The molecule has 1 aromatic carbocycles. The molecule has 3 rings (SSSR count). The number of ether oxygens (including phenoxy) is 1. The minimum atomic E-state index is -0.913. The Labute approximate surface area is 141 Å². The molecular weight excluding hydrogens is 304 g/mol. The number of para-hydroxylation sites is 1. The minimum Gasteiger partial charge on any atom is -0.493 e. The molecule has 5 nitrogen and oxygen atoms in total. The summed E-state index contributed by atoms with van der Waals surface area (Å²) in [6, 6.07) is 13.2. The Morgan fingerprint density at radius 3 is 2.62 bits per heavy atom. The number of pyridine rings is 1. The van der Waals surface area contributed by atoms with Crippen LogP contribution in [0.15, 0.2) is 48.7 Å². The van der Waals surface area contributed by atoms with E-state index in [0.717, 1.165) is 38.3 Å². The normalized spacial score (nSPS) is 16.0. The Morgan fingerprint density at radius 2 is 1.92 bits per heavy atom. The van der Waals surface area contributed by atoms with Gasteiger partial charge in [-0.2, -0.15) is 0 Å². The first-order chi connectivity index (χ1) is 11.7. The van der Waals surface area contributed by atoms with Crippen LogP contribution < -0.4 is 4.74 Å². The third kappa shape index (κ3) is 4.32. The Balaban J connectivity index is 1.48. The van der Waals surface area contributed by atoms with Gasteiger partial charge in [-0.25, -0.2) is 4.79 Å². The van der Waals surface area contributed by atoms with Crippen LogP contribution in [0.4, 0.5) is 0 Å². The summed E-state index contributed by atoms with van der Waals surface area (Å²) in [4.78, 5) is 17.8. The van der Waals surface area contributed by atoms with Gasteiger partial charge in [-0.1, -0.05) is 18.2 Å². The highest BCUT2D eigenvalue weighted by Crippen LogP contribution is 2.21. The molecule has 1 aromatic heterocycles. The second-order valence-electron chi connectivity index (χ2n) is 6.15. The van der Waals surface area contributed by atoms with Gasteiger partial charge < -0.3 is 9.84 Å². The molecule has 1 N–H and O–H groups in total. The molecule has 2 heterocycles. The maximum Gasteiger partial charge on any atom is 0.337 e. The molecule has 0 unspecified atom stereocenters. The number of piperidine rings is 1. The maximum absolute atomic E-state index is 11.3. The second kappa shape index (κ2) is 7.93. The fourth-order valence-electron chi connectivity index (χ4n) is 3.01. The first kappa shape index (κ1) is 16.5. The summed E-state index contributed by atoms with van der Waals surface area (Å²) in [5.74, 6) is 0.549. The number of carbonyl (C=O) groups is 1. The predicted octanol–water partition coefficient (Wildman–Crippen LogP) is 3.07. The number of likely N-dealkylation sites (tertiary alicyclic amines) is 1. The Bertz CT molecular complexity index is 667. The first-order valence-corrected chi connectivity index (χ1v) is 8.30. The monoisotopic (exact) mass is 326 g/mol. The summed E-state index contributed by atoms with van der Waals surface area (Å²) in [7, 11) is 0. The number of carboxylic acids is 1. The quantitative estimate of drug-likeness (QED) is 0.884. The van der Waals surface area contributed by atoms with Gasteiger partial charge in [0.25, 0.3) is 0 Å². The summed E-state index contributed by atoms with van der Waals surface area (Å²) in [5.41, 5.74) is 0.941. The number of hydrogen-bond acceptors (Lipinski definition) is 4. The topological polar surface area (TPSA) is 62.7 Å². The summed E-state index contributed by atoms with van der Waals surface area (Å²) >= 11 is 0. The lowest BCUT2D eigenvalue weighted by Crippen LogP contribution is -2.35. The lowest BCUT2D eigenvalue weighted by molar-refractivity contribution is 0.0692. The molecule has 0 bridgehead atoms. The molecule has 1 fully saturated rings. The average Bonchev–Trinajstić information content (AvgIpc) is 2.62. The maximum atomic E-state index is 11.3. The van der Waals surface area contributed by atoms with E-state index in [1.54, 1.807) is 18.3 Å². The van der Waals surface area contributed by atoms with Crippen molar-refractivity contribution in [2.24, 2.45) is 5.92 Å². The Hall–Kier alpha value is -2.40. The van der Waals surface area contributed by atoms with Crippen LogP contribution in [-0.4, -0.2) is 40.7 Å². The zero-order valence-corrected chi connectivity index (χ0v) is 13.6. The molecule has 1 aliphatic rings. The van der Waals surface area contributed by atoms with Gasteiger partial charge in [0, 0.05) is 12.7 Å². The van der Waals surface area contributed by atoms with Crippen LogP contribution >= 0.6 is 0 Å². The van der Waals surface area contributed by atoms with Crippen LogP contribution in [0.3, 0.4) is 0 Å². The number of rotatable bonds is 6. The van der Waals surface area contributed by atoms with Crippen molar-refractivity contribution >= 4 is 5.97 Å². The molecule has 0 radical (unpaired) electrons. The van der Waals surface area contributed by atoms with E-state index in [1.807, 2.05) is 30.3 Å². The largest absolute Gasteiger partial charge is 0.493 e. The van der Waals surface area contributed by atoms with E-state index in [2.05, 4.69) is 9.88 Å². The van der Waals surface area contributed by atoms with E-state index >= 15 is 0 Å². The molecule has 0 saturated carbocycles. The van der Waals surface area contributed by atoms with Crippen molar-refractivity contribution in [2.75, 3.05) is 19.7 Å². The SMILES string of the molecule is O=C(O)c1cccnc1CN1CCC(COc2ccccc2)CC1. The fourth-order valence-corrected chi connectivity index (χ4v) is 3.01. The average molecular weight is 326 g/mol. The Morgan fingerprint density at radius 1 is 1.17 bits per heavy atom. The van der Waals surface area contributed by atoms with E-state index in [9.17, 15) is 9.90 Å². The molecule has 1 aliphatic heterocycles. The number of aromatic carboxylic acids is 1. The number of benzene rings is 1. The highest BCUT2D eigenvalue weighted by molar-refractivity contribution is 5.88. The van der Waals surface area contributed by atoms with Crippen LogP contribution in [0, 0.1) is 5.92 Å². The molecule has 0 aliphatic carbocycles. The first-order valence-electron chi connectivity index (χ1n) is 8.30. The molecule has 0 amide bonds. The highest BCUT2D eigenvalue weighted by atomic mass is 16.5. The zero-order chi connectivity index (χ0) is 16.8.